The zero-order chi connectivity index (χ0) is 16.7. The number of carbonyl (C=O) groups excluding carboxylic acids is 1. The molecular formula is C15H26O6. The third kappa shape index (κ3) is 16.1. The van der Waals surface area contributed by atoms with E-state index in [0.29, 0.717) is 25.9 Å². The number of unbranched alkanes of at least 4 members (excludes halogenated alkanes) is 1. The van der Waals surface area contributed by atoms with E-state index < -0.39 is 11.9 Å². The first-order chi connectivity index (χ1) is 9.88. The zero-order valence-corrected chi connectivity index (χ0v) is 12.8. The number of ether oxygens (including phenoxy) is 1. The van der Waals surface area contributed by atoms with E-state index in [9.17, 15) is 14.4 Å². The summed E-state index contributed by atoms with van der Waals surface area (Å²) in [5, 5.41) is 16.9. The molecule has 0 amide bonds. The van der Waals surface area contributed by atoms with Crippen LogP contribution in [-0.4, -0.2) is 34.7 Å². The molecule has 0 aliphatic heterocycles. The van der Waals surface area contributed by atoms with Crippen molar-refractivity contribution in [1.29, 1.82) is 0 Å². The lowest BCUT2D eigenvalue weighted by atomic mass is 10.00. The molecule has 0 aromatic heterocycles. The molecule has 0 aliphatic rings. The molecule has 1 unspecified atom stereocenters. The minimum atomic E-state index is -0.866. The molecule has 6 heteroatoms. The lowest BCUT2D eigenvalue weighted by molar-refractivity contribution is -0.143. The Labute approximate surface area is 125 Å². The van der Waals surface area contributed by atoms with Gasteiger partial charge >= 0.3 is 17.9 Å². The molecule has 0 fully saturated rings. The molecule has 122 valence electrons. The fourth-order valence-electron chi connectivity index (χ4n) is 1.38. The Morgan fingerprint density at radius 1 is 1.19 bits per heavy atom. The van der Waals surface area contributed by atoms with Crippen molar-refractivity contribution in [2.45, 2.75) is 52.4 Å². The van der Waals surface area contributed by atoms with Gasteiger partial charge in [0.25, 0.3) is 0 Å². The summed E-state index contributed by atoms with van der Waals surface area (Å²) in [6.07, 6.45) is 4.68. The Morgan fingerprint density at radius 3 is 2.19 bits per heavy atom. The largest absolute Gasteiger partial charge is 0.481 e. The molecule has 0 aromatic rings. The highest BCUT2D eigenvalue weighted by Gasteiger charge is 2.14. The summed E-state index contributed by atoms with van der Waals surface area (Å²) in [5.41, 5.74) is 0. The summed E-state index contributed by atoms with van der Waals surface area (Å²) in [6.45, 7) is 7.61. The molecule has 0 saturated heterocycles. The summed E-state index contributed by atoms with van der Waals surface area (Å²) in [4.78, 5) is 30.9. The maximum absolute atomic E-state index is 10.5. The predicted octanol–water partition coefficient (Wildman–Crippen LogP) is 2.87. The van der Waals surface area contributed by atoms with Crippen LogP contribution in [0.15, 0.2) is 12.7 Å². The molecule has 0 rings (SSSR count). The van der Waals surface area contributed by atoms with Crippen LogP contribution in [0.5, 0.6) is 0 Å². The molecular weight excluding hydrogens is 276 g/mol. The van der Waals surface area contributed by atoms with Crippen molar-refractivity contribution >= 4 is 17.9 Å². The van der Waals surface area contributed by atoms with E-state index in [1.807, 2.05) is 6.92 Å². The number of carbonyl (C=O) groups is 3. The van der Waals surface area contributed by atoms with Crippen molar-refractivity contribution < 1.29 is 29.3 Å². The Hall–Kier alpha value is -1.85. The van der Waals surface area contributed by atoms with Crippen LogP contribution < -0.4 is 0 Å². The van der Waals surface area contributed by atoms with Crippen LogP contribution >= 0.6 is 0 Å². The van der Waals surface area contributed by atoms with Crippen molar-refractivity contribution in [3.8, 4) is 0 Å². The summed E-state index contributed by atoms with van der Waals surface area (Å²) < 4.78 is 4.67. The average Bonchev–Trinajstić information content (AvgIpc) is 2.43. The van der Waals surface area contributed by atoms with Gasteiger partial charge in [-0.3, -0.25) is 9.59 Å². The van der Waals surface area contributed by atoms with Gasteiger partial charge in [-0.2, -0.15) is 0 Å². The highest BCUT2D eigenvalue weighted by atomic mass is 16.5. The minimum Gasteiger partial charge on any atom is -0.481 e. The average molecular weight is 302 g/mol. The Balaban J connectivity index is 0. The molecule has 0 bridgehead atoms. The highest BCUT2D eigenvalue weighted by molar-refractivity contribution is 5.81. The standard InChI is InChI=1S/C8H14O4.C7H12O2/c1-2-6(8(11)12)4-3-5-7(9)10;1-3-5-6-9-7(8)4-2/h6H,2-5H2,1H3,(H,9,10)(H,11,12);4H,2-3,5-6H2,1H3. The van der Waals surface area contributed by atoms with Gasteiger partial charge in [0.05, 0.1) is 12.5 Å². The first kappa shape index (κ1) is 21.4. The fourth-order valence-corrected chi connectivity index (χ4v) is 1.38. The molecule has 21 heavy (non-hydrogen) atoms. The quantitative estimate of drug-likeness (QED) is 0.365. The van der Waals surface area contributed by atoms with Crippen LogP contribution in [0, 0.1) is 5.92 Å². The van der Waals surface area contributed by atoms with Gasteiger partial charge in [0.2, 0.25) is 0 Å². The van der Waals surface area contributed by atoms with Crippen molar-refractivity contribution in [2.24, 2.45) is 5.92 Å². The third-order valence-electron chi connectivity index (χ3n) is 2.69. The van der Waals surface area contributed by atoms with Crippen molar-refractivity contribution in [2.75, 3.05) is 6.61 Å². The van der Waals surface area contributed by atoms with Gasteiger partial charge in [0, 0.05) is 12.5 Å². The number of aliphatic carboxylic acids is 2. The van der Waals surface area contributed by atoms with Gasteiger partial charge in [0.1, 0.15) is 0 Å². The van der Waals surface area contributed by atoms with Gasteiger partial charge in [-0.05, 0) is 25.7 Å². The molecule has 0 radical (unpaired) electrons. The second kappa shape index (κ2) is 14.6. The number of carboxylic acids is 2. The Morgan fingerprint density at radius 2 is 1.81 bits per heavy atom. The van der Waals surface area contributed by atoms with Gasteiger partial charge in [-0.25, -0.2) is 4.79 Å². The van der Waals surface area contributed by atoms with E-state index >= 15 is 0 Å². The van der Waals surface area contributed by atoms with Gasteiger partial charge in [0.15, 0.2) is 0 Å². The van der Waals surface area contributed by atoms with Gasteiger partial charge in [-0.15, -0.1) is 0 Å². The monoisotopic (exact) mass is 302 g/mol. The third-order valence-corrected chi connectivity index (χ3v) is 2.69. The van der Waals surface area contributed by atoms with E-state index in [4.69, 9.17) is 10.2 Å². The number of esters is 1. The Kier molecular flexibility index (Phi) is 14.9. The SMILES string of the molecule is C=CC(=O)OCCCC.CCC(CCCC(=O)O)C(=O)O. The second-order valence-corrected chi connectivity index (χ2v) is 4.45. The van der Waals surface area contributed by atoms with E-state index in [0.717, 1.165) is 12.8 Å². The lowest BCUT2D eigenvalue weighted by Crippen LogP contribution is -2.12. The number of carboxylic acid groups (broad SMARTS) is 2. The van der Waals surface area contributed by atoms with Crippen molar-refractivity contribution in [3.05, 3.63) is 12.7 Å². The second-order valence-electron chi connectivity index (χ2n) is 4.45. The van der Waals surface area contributed by atoms with E-state index in [2.05, 4.69) is 11.3 Å². The smallest absolute Gasteiger partial charge is 0.330 e. The maximum Gasteiger partial charge on any atom is 0.330 e. The van der Waals surface area contributed by atoms with Crippen LogP contribution in [0.3, 0.4) is 0 Å². The first-order valence-electron chi connectivity index (χ1n) is 7.12. The predicted molar refractivity (Wildman–Crippen MR) is 79.0 cm³/mol. The molecule has 0 saturated carbocycles. The minimum absolute atomic E-state index is 0.0593. The number of hydrogen-bond acceptors (Lipinski definition) is 4. The summed E-state index contributed by atoms with van der Waals surface area (Å²) in [6, 6.07) is 0. The van der Waals surface area contributed by atoms with Crippen LogP contribution in [0.2, 0.25) is 0 Å². The van der Waals surface area contributed by atoms with E-state index in [1.165, 1.54) is 6.08 Å². The van der Waals surface area contributed by atoms with E-state index in [1.54, 1.807) is 6.92 Å². The number of hydrogen-bond donors (Lipinski definition) is 2. The molecule has 0 heterocycles. The van der Waals surface area contributed by atoms with Crippen LogP contribution in [-0.2, 0) is 19.1 Å². The molecule has 0 aliphatic carbocycles. The van der Waals surface area contributed by atoms with Crippen LogP contribution in [0.1, 0.15) is 52.4 Å². The lowest BCUT2D eigenvalue weighted by Gasteiger charge is -2.07. The summed E-state index contributed by atoms with van der Waals surface area (Å²) in [5.74, 6) is -2.41. The van der Waals surface area contributed by atoms with Gasteiger partial charge < -0.3 is 14.9 Å². The fraction of sp³-hybridized carbons (Fsp3) is 0.667. The molecule has 6 nitrogen and oxygen atoms in total. The normalized spacial score (nSPS) is 10.8. The molecule has 1 atom stereocenters. The maximum atomic E-state index is 10.5. The Bertz CT molecular complexity index is 324. The topological polar surface area (TPSA) is 101 Å². The van der Waals surface area contributed by atoms with Crippen molar-refractivity contribution in [1.82, 2.24) is 0 Å². The number of rotatable bonds is 10. The molecule has 0 aromatic carbocycles. The summed E-state index contributed by atoms with van der Waals surface area (Å²) >= 11 is 0. The molecule has 2 N–H and O–H groups in total. The zero-order valence-electron chi connectivity index (χ0n) is 12.8. The highest BCUT2D eigenvalue weighted by Crippen LogP contribution is 2.12. The molecule has 0 spiro atoms. The first-order valence-corrected chi connectivity index (χ1v) is 7.12. The van der Waals surface area contributed by atoms with Crippen molar-refractivity contribution in [3.63, 3.8) is 0 Å². The van der Waals surface area contributed by atoms with Crippen LogP contribution in [0.4, 0.5) is 0 Å². The van der Waals surface area contributed by atoms with Gasteiger partial charge in [-0.1, -0.05) is 26.8 Å². The summed E-state index contributed by atoms with van der Waals surface area (Å²) in [7, 11) is 0. The van der Waals surface area contributed by atoms with Crippen LogP contribution in [0.25, 0.3) is 0 Å². The van der Waals surface area contributed by atoms with E-state index in [-0.39, 0.29) is 18.3 Å².